The van der Waals surface area contributed by atoms with Crippen LogP contribution in [-0.2, 0) is 24.2 Å². The first-order chi connectivity index (χ1) is 14.5. The second kappa shape index (κ2) is 10.6. The minimum atomic E-state index is -0.149. The van der Waals surface area contributed by atoms with Gasteiger partial charge in [0.05, 0.1) is 6.54 Å². The summed E-state index contributed by atoms with van der Waals surface area (Å²) >= 11 is 3.12. The second-order valence-corrected chi connectivity index (χ2v) is 9.37. The molecular weight excluding hydrogens is 414 g/mol. The van der Waals surface area contributed by atoms with Crippen molar-refractivity contribution in [2.75, 3.05) is 12.8 Å². The average molecular weight is 442 g/mol. The highest BCUT2D eigenvalue weighted by Crippen LogP contribution is 2.19. The quantitative estimate of drug-likeness (QED) is 0.395. The zero-order chi connectivity index (χ0) is 21.5. The van der Waals surface area contributed by atoms with Crippen LogP contribution in [-0.4, -0.2) is 33.6 Å². The maximum Gasteiger partial charge on any atom is 0.254 e. The van der Waals surface area contributed by atoms with Crippen molar-refractivity contribution in [3.8, 4) is 0 Å². The Kier molecular flexibility index (Phi) is 7.87. The van der Waals surface area contributed by atoms with Gasteiger partial charge in [-0.25, -0.2) is 4.98 Å². The molecule has 0 aliphatic carbocycles. The molecule has 7 heteroatoms. The number of hydrogen-bond donors (Lipinski definition) is 1. The number of thioether (sulfide) groups is 1. The van der Waals surface area contributed by atoms with Crippen LogP contribution in [0.3, 0.4) is 0 Å². The molecular formula is C23H27N3O2S2. The Bertz CT molecular complexity index is 1040. The van der Waals surface area contributed by atoms with Gasteiger partial charge in [-0.15, -0.1) is 11.3 Å². The molecule has 2 aromatic heterocycles. The van der Waals surface area contributed by atoms with Crippen LogP contribution >= 0.6 is 23.1 Å². The SMILES string of the molecule is CSc1nc(C)c(CCC(=O)N(CCc2ccccc2)Cc2ccc(C)s2)c(=O)[nH]1. The monoisotopic (exact) mass is 441 g/mol. The van der Waals surface area contributed by atoms with E-state index in [0.29, 0.717) is 42.3 Å². The maximum absolute atomic E-state index is 13.1. The molecule has 158 valence electrons. The minimum absolute atomic E-state index is 0.0599. The molecule has 1 amide bonds. The van der Waals surface area contributed by atoms with E-state index in [1.165, 1.54) is 27.1 Å². The molecule has 3 aromatic rings. The zero-order valence-corrected chi connectivity index (χ0v) is 19.2. The molecule has 0 saturated heterocycles. The van der Waals surface area contributed by atoms with Gasteiger partial charge in [-0.3, -0.25) is 9.59 Å². The summed E-state index contributed by atoms with van der Waals surface area (Å²) in [5.74, 6) is 0.0599. The minimum Gasteiger partial charge on any atom is -0.337 e. The summed E-state index contributed by atoms with van der Waals surface area (Å²) in [5, 5.41) is 0.602. The first-order valence-corrected chi connectivity index (χ1v) is 12.0. The number of hydrogen-bond acceptors (Lipinski definition) is 5. The molecule has 30 heavy (non-hydrogen) atoms. The van der Waals surface area contributed by atoms with Gasteiger partial charge in [-0.1, -0.05) is 42.1 Å². The van der Waals surface area contributed by atoms with E-state index in [1.54, 1.807) is 11.3 Å². The lowest BCUT2D eigenvalue weighted by Gasteiger charge is -2.22. The van der Waals surface area contributed by atoms with E-state index in [1.807, 2.05) is 36.3 Å². The number of amides is 1. The van der Waals surface area contributed by atoms with E-state index in [9.17, 15) is 9.59 Å². The van der Waals surface area contributed by atoms with Gasteiger partial charge < -0.3 is 9.88 Å². The smallest absolute Gasteiger partial charge is 0.254 e. The Morgan fingerprint density at radius 3 is 2.53 bits per heavy atom. The molecule has 2 heterocycles. The van der Waals surface area contributed by atoms with Crippen LogP contribution in [0.4, 0.5) is 0 Å². The first kappa shape index (κ1) is 22.3. The van der Waals surface area contributed by atoms with Gasteiger partial charge in [0, 0.05) is 34.0 Å². The Balaban J connectivity index is 1.70. The van der Waals surface area contributed by atoms with E-state index in [-0.39, 0.29) is 11.5 Å². The largest absolute Gasteiger partial charge is 0.337 e. The standard InChI is InChI=1S/C23H27N3O2S2/c1-16-9-10-19(30-16)15-26(14-13-18-7-5-4-6-8-18)21(27)12-11-20-17(2)24-23(29-3)25-22(20)28/h4-10H,11-15H2,1-3H3,(H,24,25,28). The number of carbonyl (C=O) groups is 1. The summed E-state index contributed by atoms with van der Waals surface area (Å²) in [6, 6.07) is 14.4. The van der Waals surface area contributed by atoms with Crippen molar-refractivity contribution >= 4 is 29.0 Å². The molecule has 0 aliphatic heterocycles. The van der Waals surface area contributed by atoms with Crippen molar-refractivity contribution in [3.63, 3.8) is 0 Å². The summed E-state index contributed by atoms with van der Waals surface area (Å²) in [5.41, 5.74) is 2.35. The fourth-order valence-corrected chi connectivity index (χ4v) is 4.65. The fourth-order valence-electron chi connectivity index (χ4n) is 3.32. The Hall–Kier alpha value is -2.38. The Labute approximate surface area is 185 Å². The van der Waals surface area contributed by atoms with Gasteiger partial charge in [-0.05, 0) is 50.6 Å². The molecule has 0 fully saturated rings. The number of aromatic amines is 1. The average Bonchev–Trinajstić information content (AvgIpc) is 3.15. The van der Waals surface area contributed by atoms with E-state index in [2.05, 4.69) is 41.2 Å². The molecule has 0 unspecified atom stereocenters. The molecule has 5 nitrogen and oxygen atoms in total. The molecule has 0 spiro atoms. The van der Waals surface area contributed by atoms with E-state index >= 15 is 0 Å². The summed E-state index contributed by atoms with van der Waals surface area (Å²) in [7, 11) is 0. The highest BCUT2D eigenvalue weighted by Gasteiger charge is 2.17. The van der Waals surface area contributed by atoms with Crippen LogP contribution in [0.1, 0.15) is 33.0 Å². The number of carbonyl (C=O) groups excluding carboxylic acids is 1. The predicted molar refractivity (Wildman–Crippen MR) is 124 cm³/mol. The van der Waals surface area contributed by atoms with E-state index < -0.39 is 0 Å². The fraction of sp³-hybridized carbons (Fsp3) is 0.348. The highest BCUT2D eigenvalue weighted by atomic mass is 32.2. The number of rotatable bonds is 9. The van der Waals surface area contributed by atoms with Gasteiger partial charge in [0.15, 0.2) is 5.16 Å². The Morgan fingerprint density at radius 2 is 1.90 bits per heavy atom. The van der Waals surface area contributed by atoms with Gasteiger partial charge >= 0.3 is 0 Å². The third-order valence-electron chi connectivity index (χ3n) is 4.99. The molecule has 1 N–H and O–H groups in total. The highest BCUT2D eigenvalue weighted by molar-refractivity contribution is 7.98. The summed E-state index contributed by atoms with van der Waals surface area (Å²) in [6.07, 6.45) is 3.37. The molecule has 0 bridgehead atoms. The van der Waals surface area contributed by atoms with E-state index in [4.69, 9.17) is 0 Å². The van der Waals surface area contributed by atoms with Gasteiger partial charge in [0.1, 0.15) is 0 Å². The lowest BCUT2D eigenvalue weighted by Crippen LogP contribution is -2.33. The molecule has 1 aromatic carbocycles. The zero-order valence-electron chi connectivity index (χ0n) is 17.6. The van der Waals surface area contributed by atoms with Crippen LogP contribution in [0.25, 0.3) is 0 Å². The third kappa shape index (κ3) is 6.06. The molecule has 0 aliphatic rings. The molecule has 3 rings (SSSR count). The number of aromatic nitrogens is 2. The Morgan fingerprint density at radius 1 is 1.13 bits per heavy atom. The van der Waals surface area contributed by atoms with E-state index in [0.717, 1.165) is 6.42 Å². The summed E-state index contributed by atoms with van der Waals surface area (Å²) in [4.78, 5) is 37.0. The first-order valence-electron chi connectivity index (χ1n) is 9.97. The summed E-state index contributed by atoms with van der Waals surface area (Å²) < 4.78 is 0. The van der Waals surface area contributed by atoms with Crippen LogP contribution in [0.15, 0.2) is 52.4 Å². The lowest BCUT2D eigenvalue weighted by atomic mass is 10.1. The topological polar surface area (TPSA) is 66.1 Å². The number of nitrogens with one attached hydrogen (secondary N) is 1. The molecule has 0 atom stereocenters. The van der Waals surface area contributed by atoms with Crippen LogP contribution in [0, 0.1) is 13.8 Å². The lowest BCUT2D eigenvalue weighted by molar-refractivity contribution is -0.131. The maximum atomic E-state index is 13.1. The predicted octanol–water partition coefficient (Wildman–Crippen LogP) is 4.37. The second-order valence-electron chi connectivity index (χ2n) is 7.20. The number of H-pyrrole nitrogens is 1. The van der Waals surface area contributed by atoms with Crippen LogP contribution in [0.2, 0.25) is 0 Å². The van der Waals surface area contributed by atoms with Crippen molar-refractivity contribution in [2.45, 2.75) is 44.8 Å². The van der Waals surface area contributed by atoms with Crippen LogP contribution in [0.5, 0.6) is 0 Å². The molecule has 0 radical (unpaired) electrons. The number of thiophene rings is 1. The summed E-state index contributed by atoms with van der Waals surface area (Å²) in [6.45, 7) is 5.16. The van der Waals surface area contributed by atoms with Gasteiger partial charge in [0.2, 0.25) is 5.91 Å². The van der Waals surface area contributed by atoms with Crippen molar-refractivity contribution < 1.29 is 4.79 Å². The number of benzene rings is 1. The van der Waals surface area contributed by atoms with Gasteiger partial charge in [0.25, 0.3) is 5.56 Å². The van der Waals surface area contributed by atoms with Gasteiger partial charge in [-0.2, -0.15) is 0 Å². The van der Waals surface area contributed by atoms with Crippen molar-refractivity contribution in [2.24, 2.45) is 0 Å². The normalized spacial score (nSPS) is 10.9. The van der Waals surface area contributed by atoms with Crippen molar-refractivity contribution in [3.05, 3.63) is 79.4 Å². The number of nitrogens with zero attached hydrogens (tertiary/aromatic N) is 2. The third-order valence-corrected chi connectivity index (χ3v) is 6.56. The number of aryl methyl sites for hydroxylation is 2. The van der Waals surface area contributed by atoms with Crippen molar-refractivity contribution in [1.29, 1.82) is 0 Å². The van der Waals surface area contributed by atoms with Crippen molar-refractivity contribution in [1.82, 2.24) is 14.9 Å². The van der Waals surface area contributed by atoms with Crippen LogP contribution < -0.4 is 5.56 Å². The molecule has 0 saturated carbocycles.